The summed E-state index contributed by atoms with van der Waals surface area (Å²) in [6.45, 7) is 2.16. The number of benzene rings is 1. The van der Waals surface area contributed by atoms with E-state index in [0.717, 1.165) is 13.0 Å². The van der Waals surface area contributed by atoms with Gasteiger partial charge >= 0.3 is 36.0 Å². The van der Waals surface area contributed by atoms with E-state index in [1.54, 1.807) is 0 Å². The lowest BCUT2D eigenvalue weighted by molar-refractivity contribution is -0.456. The fraction of sp³-hybridized carbons (Fsp3) is 0.571. The third kappa shape index (κ3) is 3.45. The SMILES string of the molecule is Cc1ccc(C)c(OC(F)(F)C(F)(F)C(F)(F)C(F)(F)C(F)(F)C(F)(F)F)c1. The Bertz CT molecular complexity index is 720. The number of hydrogen-bond acceptors (Lipinski definition) is 1. The van der Waals surface area contributed by atoms with Crippen molar-refractivity contribution in [2.75, 3.05) is 0 Å². The van der Waals surface area contributed by atoms with Gasteiger partial charge in [0, 0.05) is 0 Å². The molecule has 14 heteroatoms. The Labute approximate surface area is 148 Å². The zero-order valence-corrected chi connectivity index (χ0v) is 13.6. The van der Waals surface area contributed by atoms with Crippen LogP contribution in [0.25, 0.3) is 0 Å². The summed E-state index contributed by atoms with van der Waals surface area (Å²) in [5, 5.41) is 0. The van der Waals surface area contributed by atoms with Gasteiger partial charge in [0.1, 0.15) is 5.75 Å². The quantitative estimate of drug-likeness (QED) is 0.467. The number of halogens is 13. The van der Waals surface area contributed by atoms with E-state index in [9.17, 15) is 57.1 Å². The molecule has 1 aromatic carbocycles. The predicted octanol–water partition coefficient (Wildman–Crippen LogP) is 6.38. The van der Waals surface area contributed by atoms with Crippen LogP contribution in [0.3, 0.4) is 0 Å². The summed E-state index contributed by atoms with van der Waals surface area (Å²) in [7, 11) is 0. The lowest BCUT2D eigenvalue weighted by atomic mass is 9.97. The second-order valence-corrected chi connectivity index (χ2v) is 5.68. The van der Waals surface area contributed by atoms with Crippen molar-refractivity contribution >= 4 is 0 Å². The van der Waals surface area contributed by atoms with Gasteiger partial charge in [0.2, 0.25) is 0 Å². The van der Waals surface area contributed by atoms with Crippen molar-refractivity contribution in [3.63, 3.8) is 0 Å². The van der Waals surface area contributed by atoms with Gasteiger partial charge in [-0.25, -0.2) is 0 Å². The van der Waals surface area contributed by atoms with Crippen LogP contribution in [0.1, 0.15) is 11.1 Å². The molecular formula is C14H9F13O. The highest BCUT2D eigenvalue weighted by Crippen LogP contribution is 2.60. The highest BCUT2D eigenvalue weighted by molar-refractivity contribution is 5.36. The molecule has 1 nitrogen and oxygen atoms in total. The molecule has 0 heterocycles. The van der Waals surface area contributed by atoms with E-state index < -0.39 is 41.7 Å². The van der Waals surface area contributed by atoms with Crippen LogP contribution in [0.4, 0.5) is 57.1 Å². The van der Waals surface area contributed by atoms with Crippen molar-refractivity contribution in [1.29, 1.82) is 0 Å². The van der Waals surface area contributed by atoms with Gasteiger partial charge in [0.15, 0.2) is 0 Å². The van der Waals surface area contributed by atoms with E-state index >= 15 is 0 Å². The van der Waals surface area contributed by atoms with Gasteiger partial charge in [0.25, 0.3) is 0 Å². The van der Waals surface area contributed by atoms with E-state index in [0.29, 0.717) is 6.07 Å². The van der Waals surface area contributed by atoms with Crippen molar-refractivity contribution in [2.24, 2.45) is 0 Å². The second-order valence-electron chi connectivity index (χ2n) is 5.68. The molecule has 0 spiro atoms. The van der Waals surface area contributed by atoms with Gasteiger partial charge in [-0.3, -0.25) is 0 Å². The van der Waals surface area contributed by atoms with E-state index in [4.69, 9.17) is 0 Å². The smallest absolute Gasteiger partial charge is 0.428 e. The number of alkyl halides is 13. The van der Waals surface area contributed by atoms with Crippen molar-refractivity contribution in [3.05, 3.63) is 29.3 Å². The van der Waals surface area contributed by atoms with E-state index in [1.807, 2.05) is 0 Å². The predicted molar refractivity (Wildman–Crippen MR) is 67.3 cm³/mol. The molecule has 0 aromatic heterocycles. The van der Waals surface area contributed by atoms with Gasteiger partial charge in [-0.15, -0.1) is 0 Å². The van der Waals surface area contributed by atoms with Gasteiger partial charge < -0.3 is 4.74 Å². The van der Waals surface area contributed by atoms with Crippen molar-refractivity contribution in [1.82, 2.24) is 0 Å². The highest BCUT2D eigenvalue weighted by atomic mass is 19.4. The van der Waals surface area contributed by atoms with Crippen LogP contribution < -0.4 is 4.74 Å². The molecule has 0 radical (unpaired) electrons. The van der Waals surface area contributed by atoms with E-state index in [2.05, 4.69) is 4.74 Å². The first-order valence-corrected chi connectivity index (χ1v) is 6.85. The number of hydrogen-bond donors (Lipinski definition) is 0. The van der Waals surface area contributed by atoms with Crippen LogP contribution >= 0.6 is 0 Å². The largest absolute Gasteiger partial charge is 0.471 e. The van der Waals surface area contributed by atoms with Gasteiger partial charge in [-0.1, -0.05) is 12.1 Å². The average molecular weight is 440 g/mol. The molecule has 1 aromatic rings. The molecule has 0 atom stereocenters. The Morgan fingerprint density at radius 3 is 1.46 bits per heavy atom. The minimum Gasteiger partial charge on any atom is -0.428 e. The Morgan fingerprint density at radius 1 is 0.607 bits per heavy atom. The monoisotopic (exact) mass is 440 g/mol. The summed E-state index contributed by atoms with van der Waals surface area (Å²) in [5.74, 6) is -32.3. The maximum Gasteiger partial charge on any atom is 0.471 e. The van der Waals surface area contributed by atoms with E-state index in [-0.39, 0.29) is 11.1 Å². The molecule has 0 fully saturated rings. The Balaban J connectivity index is 3.46. The molecule has 0 aliphatic heterocycles. The maximum absolute atomic E-state index is 13.6. The molecular weight excluding hydrogens is 431 g/mol. The third-order valence-electron chi connectivity index (χ3n) is 3.49. The molecule has 1 rings (SSSR count). The van der Waals surface area contributed by atoms with Crippen LogP contribution in [0.2, 0.25) is 0 Å². The average Bonchev–Trinajstić information content (AvgIpc) is 2.48. The second kappa shape index (κ2) is 6.58. The molecule has 0 unspecified atom stereocenters. The molecule has 0 aliphatic rings. The number of ether oxygens (including phenoxy) is 1. The van der Waals surface area contributed by atoms with Crippen LogP contribution in [-0.2, 0) is 0 Å². The summed E-state index contributed by atoms with van der Waals surface area (Å²) in [5.41, 5.74) is -0.322. The topological polar surface area (TPSA) is 9.23 Å². The normalized spacial score (nSPS) is 15.0. The summed E-state index contributed by atoms with van der Waals surface area (Å²) >= 11 is 0. The first-order valence-electron chi connectivity index (χ1n) is 6.85. The Morgan fingerprint density at radius 2 is 1.04 bits per heavy atom. The minimum absolute atomic E-state index is 0.0559. The lowest BCUT2D eigenvalue weighted by Gasteiger charge is -2.39. The fourth-order valence-corrected chi connectivity index (χ4v) is 1.77. The summed E-state index contributed by atoms with van der Waals surface area (Å²) in [4.78, 5) is 0. The fourth-order valence-electron chi connectivity index (χ4n) is 1.77. The van der Waals surface area contributed by atoms with Crippen molar-refractivity contribution in [3.8, 4) is 5.75 Å². The van der Waals surface area contributed by atoms with Gasteiger partial charge in [-0.05, 0) is 31.0 Å². The highest BCUT2D eigenvalue weighted by Gasteiger charge is 2.91. The first-order chi connectivity index (χ1) is 12.1. The first kappa shape index (κ1) is 24.1. The molecule has 0 bridgehead atoms. The molecule has 0 aliphatic carbocycles. The number of aryl methyl sites for hydroxylation is 2. The Hall–Kier alpha value is -1.89. The molecule has 0 saturated heterocycles. The van der Waals surface area contributed by atoms with Gasteiger partial charge in [-0.2, -0.15) is 57.1 Å². The zero-order chi connectivity index (χ0) is 22.6. The maximum atomic E-state index is 13.6. The number of rotatable bonds is 6. The van der Waals surface area contributed by atoms with Crippen LogP contribution in [0.15, 0.2) is 18.2 Å². The standard InChI is InChI=1S/C14H9F13O/c1-6-3-4-7(2)8(5-6)28-14(26,27)12(21,22)10(17,18)9(15,16)11(19,20)13(23,24)25/h3-5H,1-2H3. The third-order valence-corrected chi connectivity index (χ3v) is 3.49. The van der Waals surface area contributed by atoms with Crippen LogP contribution in [0, 0.1) is 13.8 Å². The Kier molecular flexibility index (Phi) is 5.67. The summed E-state index contributed by atoms with van der Waals surface area (Å²) < 4.78 is 172. The minimum atomic E-state index is -7.95. The van der Waals surface area contributed by atoms with Gasteiger partial charge in [0.05, 0.1) is 0 Å². The zero-order valence-electron chi connectivity index (χ0n) is 13.6. The molecule has 162 valence electrons. The van der Waals surface area contributed by atoms with Crippen LogP contribution in [-0.4, -0.2) is 36.0 Å². The van der Waals surface area contributed by atoms with E-state index in [1.165, 1.54) is 13.0 Å². The summed E-state index contributed by atoms with van der Waals surface area (Å²) in [6.07, 6.45) is -14.0. The molecule has 0 N–H and O–H groups in total. The summed E-state index contributed by atoms with van der Waals surface area (Å²) in [6, 6.07) is 2.80. The molecule has 0 amide bonds. The van der Waals surface area contributed by atoms with Crippen molar-refractivity contribution in [2.45, 2.75) is 49.8 Å². The molecule has 28 heavy (non-hydrogen) atoms. The van der Waals surface area contributed by atoms with Crippen molar-refractivity contribution < 1.29 is 61.8 Å². The van der Waals surface area contributed by atoms with Crippen LogP contribution in [0.5, 0.6) is 5.75 Å². The lowest BCUT2D eigenvalue weighted by Crippen LogP contribution is -2.70. The molecule has 0 saturated carbocycles.